The summed E-state index contributed by atoms with van der Waals surface area (Å²) in [6.45, 7) is 4.37. The lowest BCUT2D eigenvalue weighted by Crippen LogP contribution is -2.66. The summed E-state index contributed by atoms with van der Waals surface area (Å²) in [4.78, 5) is 24.7. The maximum Gasteiger partial charge on any atom is 0.407 e. The zero-order valence-electron chi connectivity index (χ0n) is 21.6. The van der Waals surface area contributed by atoms with Crippen LogP contribution in [0.1, 0.15) is 83.2 Å². The molecule has 1 aromatic rings. The summed E-state index contributed by atoms with van der Waals surface area (Å²) in [6, 6.07) is 8.95. The molecule has 0 radical (unpaired) electrons. The van der Waals surface area contributed by atoms with Crippen molar-refractivity contribution in [1.82, 2.24) is 5.32 Å². The number of alkyl carbamates (subject to hydrolysis) is 1. The Hall–Kier alpha value is -2.12. The summed E-state index contributed by atoms with van der Waals surface area (Å²) in [5.74, 6) is 0.301. The van der Waals surface area contributed by atoms with Crippen LogP contribution in [0.3, 0.4) is 0 Å². The Morgan fingerprint density at radius 2 is 1.81 bits per heavy atom. The first kappa shape index (κ1) is 25.5. The second-order valence-electron chi connectivity index (χ2n) is 12.5. The fraction of sp³-hybridized carbons (Fsp3) is 0.724. The first-order valence-corrected chi connectivity index (χ1v) is 13.8. The number of hydrogen-bond donors (Lipinski definition) is 4. The van der Waals surface area contributed by atoms with Gasteiger partial charge in [0.25, 0.3) is 0 Å². The Morgan fingerprint density at radius 1 is 1.06 bits per heavy atom. The van der Waals surface area contributed by atoms with Gasteiger partial charge in [-0.05, 0) is 91.9 Å². The van der Waals surface area contributed by atoms with Crippen molar-refractivity contribution in [2.45, 2.75) is 89.3 Å². The number of nitrogens with two attached hydrogens (primary N) is 1. The van der Waals surface area contributed by atoms with Crippen LogP contribution in [-0.2, 0) is 9.53 Å². The molecule has 5 rings (SSSR count). The van der Waals surface area contributed by atoms with Gasteiger partial charge in [0.05, 0.1) is 18.6 Å². The number of nitrogens with one attached hydrogen (secondary N) is 1. The van der Waals surface area contributed by atoms with E-state index in [2.05, 4.69) is 19.2 Å². The second kappa shape index (κ2) is 9.32. The van der Waals surface area contributed by atoms with Gasteiger partial charge in [-0.25, -0.2) is 4.79 Å². The molecule has 9 atom stereocenters. The normalized spacial score (nSPS) is 42.4. The molecule has 4 fully saturated rings. The molecule has 198 valence electrons. The van der Waals surface area contributed by atoms with Crippen LogP contribution in [0, 0.1) is 34.5 Å². The first-order chi connectivity index (χ1) is 17.1. The molecule has 4 aliphatic carbocycles. The zero-order valence-corrected chi connectivity index (χ0v) is 21.6. The molecule has 4 saturated carbocycles. The number of carbonyl (C=O) groups excluding carboxylic acids is 1. The molecule has 4 aliphatic rings. The third-order valence-corrected chi connectivity index (χ3v) is 11.2. The van der Waals surface area contributed by atoms with Crippen molar-refractivity contribution in [2.75, 3.05) is 6.61 Å². The third-order valence-electron chi connectivity index (χ3n) is 11.2. The molecule has 0 spiro atoms. The number of hydrogen-bond acceptors (Lipinski definition) is 5. The number of ether oxygens (including phenoxy) is 1. The molecular formula is C29H42N2O5. The fourth-order valence-corrected chi connectivity index (χ4v) is 9.04. The quantitative estimate of drug-likeness (QED) is 0.469. The number of aliphatic hydroxyl groups excluding tert-OH is 1. The van der Waals surface area contributed by atoms with Gasteiger partial charge < -0.3 is 26.0 Å². The van der Waals surface area contributed by atoms with E-state index in [4.69, 9.17) is 10.5 Å². The topological polar surface area (TPSA) is 122 Å². The number of aliphatic carboxylic acids is 1. The Bertz CT molecular complexity index is 987. The summed E-state index contributed by atoms with van der Waals surface area (Å²) in [5.41, 5.74) is 7.46. The molecular weight excluding hydrogens is 456 g/mol. The highest BCUT2D eigenvalue weighted by Gasteiger charge is 2.67. The Balaban J connectivity index is 1.24. The fourth-order valence-electron chi connectivity index (χ4n) is 9.04. The molecule has 0 aromatic heterocycles. The maximum absolute atomic E-state index is 12.7. The van der Waals surface area contributed by atoms with E-state index in [-0.39, 0.29) is 29.5 Å². The van der Waals surface area contributed by atoms with Crippen molar-refractivity contribution in [3.8, 4) is 0 Å². The largest absolute Gasteiger partial charge is 0.481 e. The van der Waals surface area contributed by atoms with E-state index in [1.54, 1.807) is 0 Å². The number of carboxylic acids is 1. The summed E-state index contributed by atoms with van der Waals surface area (Å²) < 4.78 is 5.87. The molecule has 7 heteroatoms. The van der Waals surface area contributed by atoms with Crippen LogP contribution >= 0.6 is 0 Å². The van der Waals surface area contributed by atoms with Gasteiger partial charge in [-0.3, -0.25) is 4.79 Å². The van der Waals surface area contributed by atoms with Crippen molar-refractivity contribution in [3.63, 3.8) is 0 Å². The van der Waals surface area contributed by atoms with Crippen LogP contribution in [0.5, 0.6) is 0 Å². The molecule has 0 aliphatic heterocycles. The Labute approximate surface area is 214 Å². The lowest BCUT2D eigenvalue weighted by molar-refractivity contribution is -0.157. The van der Waals surface area contributed by atoms with Crippen molar-refractivity contribution >= 4 is 12.1 Å². The summed E-state index contributed by atoms with van der Waals surface area (Å²) in [6.07, 6.45) is 7.58. The van der Waals surface area contributed by atoms with Crippen LogP contribution in [0.25, 0.3) is 0 Å². The minimum Gasteiger partial charge on any atom is -0.481 e. The molecule has 7 nitrogen and oxygen atoms in total. The monoisotopic (exact) mass is 498 g/mol. The number of carboxylic acid groups (broad SMARTS) is 1. The van der Waals surface area contributed by atoms with Crippen molar-refractivity contribution in [2.24, 2.45) is 40.2 Å². The van der Waals surface area contributed by atoms with Crippen LogP contribution in [0.15, 0.2) is 30.3 Å². The molecule has 0 bridgehead atoms. The van der Waals surface area contributed by atoms with Crippen LogP contribution in [0.4, 0.5) is 4.79 Å². The number of amides is 1. The van der Waals surface area contributed by atoms with Crippen LogP contribution in [-0.4, -0.2) is 40.5 Å². The lowest BCUT2D eigenvalue weighted by atomic mass is 9.42. The van der Waals surface area contributed by atoms with E-state index < -0.39 is 23.6 Å². The smallest absolute Gasteiger partial charge is 0.407 e. The predicted molar refractivity (Wildman–Crippen MR) is 136 cm³/mol. The number of fused-ring (bicyclic) bond motifs is 5. The predicted octanol–water partition coefficient (Wildman–Crippen LogP) is 4.64. The molecule has 1 amide bonds. The van der Waals surface area contributed by atoms with E-state index in [1.807, 2.05) is 30.3 Å². The average Bonchev–Trinajstić information content (AvgIpc) is 3.14. The SMILES string of the molecule is C[C@]12CC[C@H](OC(=O)NC(CO)c3ccccc3)C[C@H]1CC[C@@H]1[C@@H]2CC[C@]2(C)[C@@H](C(=O)O)CC[C@]12N. The minimum atomic E-state index is -0.685. The van der Waals surface area contributed by atoms with E-state index >= 15 is 0 Å². The van der Waals surface area contributed by atoms with Gasteiger partial charge in [0, 0.05) is 5.54 Å². The van der Waals surface area contributed by atoms with Gasteiger partial charge in [0.2, 0.25) is 0 Å². The minimum absolute atomic E-state index is 0.127. The first-order valence-electron chi connectivity index (χ1n) is 13.8. The van der Waals surface area contributed by atoms with E-state index in [0.29, 0.717) is 24.2 Å². The molecule has 36 heavy (non-hydrogen) atoms. The molecule has 0 saturated heterocycles. The van der Waals surface area contributed by atoms with E-state index in [0.717, 1.165) is 56.9 Å². The lowest BCUT2D eigenvalue weighted by Gasteiger charge is -2.64. The highest BCUT2D eigenvalue weighted by Crippen LogP contribution is 2.68. The van der Waals surface area contributed by atoms with Gasteiger partial charge in [-0.2, -0.15) is 0 Å². The summed E-state index contributed by atoms with van der Waals surface area (Å²) >= 11 is 0. The highest BCUT2D eigenvalue weighted by atomic mass is 16.6. The van der Waals surface area contributed by atoms with E-state index in [9.17, 15) is 19.8 Å². The van der Waals surface area contributed by atoms with Crippen molar-refractivity contribution in [3.05, 3.63) is 35.9 Å². The van der Waals surface area contributed by atoms with Crippen LogP contribution < -0.4 is 11.1 Å². The Kier molecular flexibility index (Phi) is 6.61. The molecule has 5 N–H and O–H groups in total. The molecule has 1 aromatic carbocycles. The number of rotatable bonds is 5. The van der Waals surface area contributed by atoms with Gasteiger partial charge in [0.15, 0.2) is 0 Å². The Morgan fingerprint density at radius 3 is 2.50 bits per heavy atom. The van der Waals surface area contributed by atoms with Crippen LogP contribution in [0.2, 0.25) is 0 Å². The average molecular weight is 499 g/mol. The number of benzene rings is 1. The van der Waals surface area contributed by atoms with Crippen molar-refractivity contribution in [1.29, 1.82) is 0 Å². The van der Waals surface area contributed by atoms with Gasteiger partial charge in [-0.1, -0.05) is 44.2 Å². The zero-order chi connectivity index (χ0) is 25.7. The van der Waals surface area contributed by atoms with Crippen molar-refractivity contribution < 1.29 is 24.5 Å². The maximum atomic E-state index is 12.7. The standard InChI is InChI=1S/C29H42N2O5/c1-27-13-10-20(36-26(35)31-24(17-32)18-6-4-3-5-7-18)16-19(27)8-9-22-21(27)11-14-28(2)23(25(33)34)12-15-29(22,28)30/h3-7,19-24,32H,8-17,30H2,1-2H3,(H,31,35)(H,33,34)/t19-,20+,21+,22-,23-,24?,27+,28-,29+/m1/s1. The highest BCUT2D eigenvalue weighted by molar-refractivity contribution is 5.72. The number of carbonyl (C=O) groups is 2. The third kappa shape index (κ3) is 3.94. The molecule has 1 unspecified atom stereocenters. The second-order valence-corrected chi connectivity index (χ2v) is 12.5. The molecule has 0 heterocycles. The van der Waals surface area contributed by atoms with Gasteiger partial charge in [0.1, 0.15) is 6.10 Å². The summed E-state index contributed by atoms with van der Waals surface area (Å²) in [5, 5.41) is 22.5. The van der Waals surface area contributed by atoms with E-state index in [1.165, 1.54) is 0 Å². The summed E-state index contributed by atoms with van der Waals surface area (Å²) in [7, 11) is 0. The van der Waals surface area contributed by atoms with Gasteiger partial charge in [-0.15, -0.1) is 0 Å². The van der Waals surface area contributed by atoms with Gasteiger partial charge >= 0.3 is 12.1 Å². The number of aliphatic hydroxyl groups is 1.